The molecule has 98 valence electrons. The number of nitrogens with one attached hydrogen (secondary N) is 1. The van der Waals surface area contributed by atoms with E-state index in [-0.39, 0.29) is 17.4 Å². The van der Waals surface area contributed by atoms with E-state index in [1.165, 1.54) is 0 Å². The van der Waals surface area contributed by atoms with E-state index in [2.05, 4.69) is 10.3 Å². The maximum atomic E-state index is 12.4. The Morgan fingerprint density at radius 1 is 1.56 bits per heavy atom. The van der Waals surface area contributed by atoms with Crippen molar-refractivity contribution in [3.05, 3.63) is 30.1 Å². The minimum absolute atomic E-state index is 0.0183. The highest BCUT2D eigenvalue weighted by Gasteiger charge is 2.40. The molecule has 0 unspecified atom stereocenters. The van der Waals surface area contributed by atoms with Gasteiger partial charge in [0, 0.05) is 18.9 Å². The van der Waals surface area contributed by atoms with Gasteiger partial charge in [0.2, 0.25) is 5.91 Å². The van der Waals surface area contributed by atoms with Crippen LogP contribution in [0.5, 0.6) is 0 Å². The molecule has 1 aliphatic rings. The lowest BCUT2D eigenvalue weighted by atomic mass is 9.85. The number of nitrogens with zero attached hydrogens (tertiary/aromatic N) is 1. The van der Waals surface area contributed by atoms with Crippen LogP contribution in [0.2, 0.25) is 0 Å². The Labute approximate surface area is 108 Å². The third-order valence-electron chi connectivity index (χ3n) is 3.97. The number of aromatic nitrogens is 1. The van der Waals surface area contributed by atoms with Crippen molar-refractivity contribution in [2.75, 3.05) is 6.54 Å². The molecule has 1 amide bonds. The average molecular weight is 247 g/mol. The molecule has 1 saturated carbocycles. The highest BCUT2D eigenvalue weighted by molar-refractivity contribution is 5.83. The van der Waals surface area contributed by atoms with Gasteiger partial charge in [-0.25, -0.2) is 0 Å². The first-order valence-electron chi connectivity index (χ1n) is 6.59. The number of carbonyl (C=O) groups is 1. The van der Waals surface area contributed by atoms with Crippen molar-refractivity contribution in [2.45, 2.75) is 38.6 Å². The summed E-state index contributed by atoms with van der Waals surface area (Å²) in [5.41, 5.74) is 6.50. The van der Waals surface area contributed by atoms with Crippen molar-refractivity contribution in [2.24, 2.45) is 11.1 Å². The van der Waals surface area contributed by atoms with Gasteiger partial charge in [-0.3, -0.25) is 9.78 Å². The lowest BCUT2D eigenvalue weighted by Crippen LogP contribution is -2.44. The van der Waals surface area contributed by atoms with Gasteiger partial charge in [-0.1, -0.05) is 18.9 Å². The first-order valence-corrected chi connectivity index (χ1v) is 6.59. The summed E-state index contributed by atoms with van der Waals surface area (Å²) >= 11 is 0. The van der Waals surface area contributed by atoms with Crippen molar-refractivity contribution in [1.82, 2.24) is 10.3 Å². The van der Waals surface area contributed by atoms with Crippen molar-refractivity contribution in [3.8, 4) is 0 Å². The van der Waals surface area contributed by atoms with E-state index in [1.54, 1.807) is 12.4 Å². The van der Waals surface area contributed by atoms with Gasteiger partial charge in [0.05, 0.1) is 11.5 Å². The molecule has 0 aliphatic heterocycles. The number of rotatable bonds is 4. The lowest BCUT2D eigenvalue weighted by molar-refractivity contribution is -0.131. The van der Waals surface area contributed by atoms with Crippen molar-refractivity contribution >= 4 is 5.91 Å². The molecule has 0 bridgehead atoms. The summed E-state index contributed by atoms with van der Waals surface area (Å²) in [6.45, 7) is 2.42. The Kier molecular flexibility index (Phi) is 3.97. The van der Waals surface area contributed by atoms with E-state index in [1.807, 2.05) is 19.1 Å². The monoisotopic (exact) mass is 247 g/mol. The Morgan fingerprint density at radius 2 is 2.28 bits per heavy atom. The van der Waals surface area contributed by atoms with E-state index in [0.717, 1.165) is 31.2 Å². The number of carbonyl (C=O) groups excluding carboxylic acids is 1. The molecule has 1 atom stereocenters. The fraction of sp³-hybridized carbons (Fsp3) is 0.571. The SMILES string of the molecule is C[C@@H](NC(=O)C1(CN)CCCC1)c1cccnc1. The summed E-state index contributed by atoms with van der Waals surface area (Å²) in [6, 6.07) is 3.84. The van der Waals surface area contributed by atoms with Gasteiger partial charge in [0.25, 0.3) is 0 Å². The van der Waals surface area contributed by atoms with E-state index < -0.39 is 0 Å². The topological polar surface area (TPSA) is 68.0 Å². The van der Waals surface area contributed by atoms with Gasteiger partial charge in [0.15, 0.2) is 0 Å². The zero-order valence-corrected chi connectivity index (χ0v) is 10.9. The predicted octanol–water partition coefficient (Wildman–Crippen LogP) is 1.78. The van der Waals surface area contributed by atoms with Crippen LogP contribution >= 0.6 is 0 Å². The minimum Gasteiger partial charge on any atom is -0.349 e. The van der Waals surface area contributed by atoms with Crippen LogP contribution in [0.1, 0.15) is 44.2 Å². The van der Waals surface area contributed by atoms with E-state index in [9.17, 15) is 4.79 Å². The average Bonchev–Trinajstić information content (AvgIpc) is 2.89. The van der Waals surface area contributed by atoms with E-state index in [4.69, 9.17) is 5.73 Å². The molecule has 18 heavy (non-hydrogen) atoms. The second kappa shape index (κ2) is 5.48. The molecule has 0 spiro atoms. The highest BCUT2D eigenvalue weighted by atomic mass is 16.2. The van der Waals surface area contributed by atoms with Gasteiger partial charge in [-0.2, -0.15) is 0 Å². The summed E-state index contributed by atoms with van der Waals surface area (Å²) in [7, 11) is 0. The summed E-state index contributed by atoms with van der Waals surface area (Å²) < 4.78 is 0. The van der Waals surface area contributed by atoms with Crippen LogP contribution in [0.3, 0.4) is 0 Å². The molecule has 0 saturated heterocycles. The molecular weight excluding hydrogens is 226 g/mol. The van der Waals surface area contributed by atoms with E-state index in [0.29, 0.717) is 6.54 Å². The number of pyridine rings is 1. The lowest BCUT2D eigenvalue weighted by Gasteiger charge is -2.28. The molecule has 4 heteroatoms. The number of hydrogen-bond donors (Lipinski definition) is 2. The standard InChI is InChI=1S/C14H21N3O/c1-11(12-5-4-8-16-9-12)17-13(18)14(10-15)6-2-3-7-14/h4-5,8-9,11H,2-3,6-7,10,15H2,1H3,(H,17,18)/t11-/m1/s1. The van der Waals surface area contributed by atoms with Gasteiger partial charge in [-0.15, -0.1) is 0 Å². The normalized spacial score (nSPS) is 19.4. The highest BCUT2D eigenvalue weighted by Crippen LogP contribution is 2.37. The van der Waals surface area contributed by atoms with Crippen LogP contribution in [0, 0.1) is 5.41 Å². The summed E-state index contributed by atoms with van der Waals surface area (Å²) in [5, 5.41) is 3.07. The van der Waals surface area contributed by atoms with Crippen molar-refractivity contribution < 1.29 is 4.79 Å². The maximum Gasteiger partial charge on any atom is 0.227 e. The van der Waals surface area contributed by atoms with Crippen LogP contribution in [0.4, 0.5) is 0 Å². The largest absolute Gasteiger partial charge is 0.349 e. The Morgan fingerprint density at radius 3 is 2.83 bits per heavy atom. The van der Waals surface area contributed by atoms with E-state index >= 15 is 0 Å². The summed E-state index contributed by atoms with van der Waals surface area (Å²) in [6.07, 6.45) is 7.55. The second-order valence-electron chi connectivity index (χ2n) is 5.17. The zero-order valence-electron chi connectivity index (χ0n) is 10.9. The maximum absolute atomic E-state index is 12.4. The molecule has 2 rings (SSSR count). The Hall–Kier alpha value is -1.42. The van der Waals surface area contributed by atoms with Crippen LogP contribution in [-0.2, 0) is 4.79 Å². The Balaban J connectivity index is 2.03. The van der Waals surface area contributed by atoms with Gasteiger partial charge >= 0.3 is 0 Å². The predicted molar refractivity (Wildman–Crippen MR) is 70.8 cm³/mol. The van der Waals surface area contributed by atoms with Crippen LogP contribution < -0.4 is 11.1 Å². The first-order chi connectivity index (χ1) is 8.68. The minimum atomic E-state index is -0.337. The summed E-state index contributed by atoms with van der Waals surface area (Å²) in [5.74, 6) is 0.0962. The smallest absolute Gasteiger partial charge is 0.227 e. The molecule has 4 nitrogen and oxygen atoms in total. The molecule has 1 aromatic rings. The van der Waals surface area contributed by atoms with Crippen LogP contribution in [0.25, 0.3) is 0 Å². The number of amides is 1. The third kappa shape index (κ3) is 2.53. The molecule has 1 heterocycles. The molecule has 3 N–H and O–H groups in total. The quantitative estimate of drug-likeness (QED) is 0.852. The van der Waals surface area contributed by atoms with Crippen molar-refractivity contribution in [3.63, 3.8) is 0 Å². The molecular formula is C14H21N3O. The molecule has 0 radical (unpaired) electrons. The third-order valence-corrected chi connectivity index (χ3v) is 3.97. The van der Waals surface area contributed by atoms with Crippen LogP contribution in [-0.4, -0.2) is 17.4 Å². The Bertz CT molecular complexity index is 399. The first kappa shape index (κ1) is 13.0. The number of hydrogen-bond acceptors (Lipinski definition) is 3. The molecule has 1 aliphatic carbocycles. The molecule has 1 aromatic heterocycles. The van der Waals surface area contributed by atoms with Gasteiger partial charge in [0.1, 0.15) is 0 Å². The molecule has 0 aromatic carbocycles. The fourth-order valence-corrected chi connectivity index (χ4v) is 2.64. The molecule has 1 fully saturated rings. The fourth-order valence-electron chi connectivity index (χ4n) is 2.64. The zero-order chi connectivity index (χ0) is 13.0. The number of nitrogens with two attached hydrogens (primary N) is 1. The van der Waals surface area contributed by atoms with Gasteiger partial charge in [-0.05, 0) is 31.4 Å². The van der Waals surface area contributed by atoms with Crippen molar-refractivity contribution in [1.29, 1.82) is 0 Å². The second-order valence-corrected chi connectivity index (χ2v) is 5.17. The van der Waals surface area contributed by atoms with Crippen LogP contribution in [0.15, 0.2) is 24.5 Å². The van der Waals surface area contributed by atoms with Gasteiger partial charge < -0.3 is 11.1 Å². The summed E-state index contributed by atoms with van der Waals surface area (Å²) in [4.78, 5) is 16.4.